The molecule has 2 rings (SSSR count). The van der Waals surface area contributed by atoms with Crippen LogP contribution in [0.1, 0.15) is 38.8 Å². The summed E-state index contributed by atoms with van der Waals surface area (Å²) in [7, 11) is 0. The van der Waals surface area contributed by atoms with Crippen molar-refractivity contribution < 1.29 is 19.1 Å². The molecular formula is C22H27NO4. The van der Waals surface area contributed by atoms with Gasteiger partial charge >= 0.3 is 5.97 Å². The van der Waals surface area contributed by atoms with Crippen LogP contribution in [0.25, 0.3) is 0 Å². The first-order chi connectivity index (χ1) is 12.8. The lowest BCUT2D eigenvalue weighted by Crippen LogP contribution is -2.23. The monoisotopic (exact) mass is 369 g/mol. The molecule has 0 bridgehead atoms. The highest BCUT2D eigenvalue weighted by Crippen LogP contribution is 2.23. The third kappa shape index (κ3) is 6.77. The highest BCUT2D eigenvalue weighted by molar-refractivity contribution is 5.92. The number of anilines is 1. The number of carbonyl (C=O) groups excluding carboxylic acids is 2. The topological polar surface area (TPSA) is 64.6 Å². The molecule has 0 saturated heterocycles. The van der Waals surface area contributed by atoms with Crippen molar-refractivity contribution in [3.8, 4) is 5.75 Å². The Morgan fingerprint density at radius 2 is 1.56 bits per heavy atom. The van der Waals surface area contributed by atoms with E-state index in [1.807, 2.05) is 36.4 Å². The fourth-order valence-corrected chi connectivity index (χ4v) is 2.40. The second-order valence-electron chi connectivity index (χ2n) is 7.32. The molecule has 0 aliphatic rings. The number of amides is 1. The molecule has 0 radical (unpaired) electrons. The molecule has 27 heavy (non-hydrogen) atoms. The van der Waals surface area contributed by atoms with Gasteiger partial charge in [0.1, 0.15) is 5.75 Å². The Morgan fingerprint density at radius 3 is 2.11 bits per heavy atom. The predicted molar refractivity (Wildman–Crippen MR) is 106 cm³/mol. The highest BCUT2D eigenvalue weighted by Gasteiger charge is 2.13. The van der Waals surface area contributed by atoms with Gasteiger partial charge in [-0.05, 0) is 47.2 Å². The number of rotatable bonds is 7. The van der Waals surface area contributed by atoms with Crippen molar-refractivity contribution in [2.24, 2.45) is 0 Å². The molecule has 0 fully saturated rings. The Morgan fingerprint density at radius 1 is 0.926 bits per heavy atom. The Hall–Kier alpha value is -2.82. The number of carbonyl (C=O) groups is 2. The minimum atomic E-state index is -0.590. The zero-order valence-corrected chi connectivity index (χ0v) is 16.4. The standard InChI is InChI=1S/C22H27NO4/c1-5-16-6-12-19(13-7-16)26-15-21(25)27-14-20(24)23-18-10-8-17(9-11-18)22(2,3)4/h6-13H,5,14-15H2,1-4H3,(H,23,24). The van der Waals surface area contributed by atoms with Gasteiger partial charge < -0.3 is 14.8 Å². The van der Waals surface area contributed by atoms with Crippen molar-refractivity contribution in [3.63, 3.8) is 0 Å². The predicted octanol–water partition coefficient (Wildman–Crippen LogP) is 4.11. The third-order valence-electron chi connectivity index (χ3n) is 4.09. The lowest BCUT2D eigenvalue weighted by atomic mass is 9.87. The van der Waals surface area contributed by atoms with Gasteiger partial charge in [-0.25, -0.2) is 4.79 Å². The minimum absolute atomic E-state index is 0.0505. The Kier molecular flexibility index (Phi) is 6.99. The maximum absolute atomic E-state index is 11.9. The number of esters is 1. The number of hydrogen-bond acceptors (Lipinski definition) is 4. The van der Waals surface area contributed by atoms with E-state index in [-0.39, 0.29) is 24.5 Å². The van der Waals surface area contributed by atoms with Gasteiger partial charge in [0.25, 0.3) is 5.91 Å². The van der Waals surface area contributed by atoms with Crippen molar-refractivity contribution >= 4 is 17.6 Å². The summed E-state index contributed by atoms with van der Waals surface area (Å²) in [6.07, 6.45) is 0.941. The van der Waals surface area contributed by atoms with Crippen LogP contribution in [0.5, 0.6) is 5.75 Å². The van der Waals surface area contributed by atoms with Crippen molar-refractivity contribution in [2.45, 2.75) is 39.5 Å². The molecule has 0 atom stereocenters. The van der Waals surface area contributed by atoms with Gasteiger partial charge in [-0.1, -0.05) is 52.0 Å². The van der Waals surface area contributed by atoms with Gasteiger partial charge in [0.2, 0.25) is 0 Å². The second-order valence-corrected chi connectivity index (χ2v) is 7.32. The molecule has 0 aliphatic heterocycles. The summed E-state index contributed by atoms with van der Waals surface area (Å²) in [6, 6.07) is 15.1. The molecule has 0 saturated carbocycles. The lowest BCUT2D eigenvalue weighted by Gasteiger charge is -2.19. The third-order valence-corrected chi connectivity index (χ3v) is 4.09. The first-order valence-electron chi connectivity index (χ1n) is 9.05. The summed E-state index contributed by atoms with van der Waals surface area (Å²) in [5.74, 6) is -0.389. The van der Waals surface area contributed by atoms with Crippen LogP contribution in [0.3, 0.4) is 0 Å². The molecule has 0 unspecified atom stereocenters. The van der Waals surface area contributed by atoms with Crippen LogP contribution in [0, 0.1) is 0 Å². The van der Waals surface area contributed by atoms with E-state index in [2.05, 4.69) is 33.0 Å². The average Bonchev–Trinajstić information content (AvgIpc) is 2.65. The molecule has 0 aliphatic carbocycles. The fraction of sp³-hybridized carbons (Fsp3) is 0.364. The van der Waals surface area contributed by atoms with Crippen LogP contribution in [-0.2, 0) is 26.2 Å². The van der Waals surface area contributed by atoms with E-state index < -0.39 is 5.97 Å². The Labute approximate surface area is 160 Å². The van der Waals surface area contributed by atoms with Crippen LogP contribution in [0.15, 0.2) is 48.5 Å². The number of aryl methyl sites for hydroxylation is 1. The van der Waals surface area contributed by atoms with E-state index in [1.54, 1.807) is 12.1 Å². The highest BCUT2D eigenvalue weighted by atomic mass is 16.6. The molecule has 5 heteroatoms. The van der Waals surface area contributed by atoms with Crippen LogP contribution < -0.4 is 10.1 Å². The van der Waals surface area contributed by atoms with E-state index in [0.29, 0.717) is 11.4 Å². The normalized spacial score (nSPS) is 11.0. The van der Waals surface area contributed by atoms with Gasteiger partial charge in [0.05, 0.1) is 0 Å². The molecule has 0 heterocycles. The van der Waals surface area contributed by atoms with Gasteiger partial charge in [-0.15, -0.1) is 0 Å². The number of hydrogen-bond donors (Lipinski definition) is 1. The van der Waals surface area contributed by atoms with Crippen molar-refractivity contribution in [2.75, 3.05) is 18.5 Å². The summed E-state index contributed by atoms with van der Waals surface area (Å²) in [4.78, 5) is 23.6. The molecule has 5 nitrogen and oxygen atoms in total. The van der Waals surface area contributed by atoms with Gasteiger partial charge in [-0.2, -0.15) is 0 Å². The second kappa shape index (κ2) is 9.21. The SMILES string of the molecule is CCc1ccc(OCC(=O)OCC(=O)Nc2ccc(C(C)(C)C)cc2)cc1. The maximum Gasteiger partial charge on any atom is 0.344 e. The molecule has 1 N–H and O–H groups in total. The minimum Gasteiger partial charge on any atom is -0.482 e. The Bertz CT molecular complexity index is 758. The summed E-state index contributed by atoms with van der Waals surface area (Å²) in [6.45, 7) is 7.86. The Balaban J connectivity index is 1.73. The van der Waals surface area contributed by atoms with Crippen molar-refractivity contribution in [3.05, 3.63) is 59.7 Å². The zero-order chi connectivity index (χ0) is 19.9. The van der Waals surface area contributed by atoms with Gasteiger partial charge in [-0.3, -0.25) is 4.79 Å². The summed E-state index contributed by atoms with van der Waals surface area (Å²) in [5, 5.41) is 2.71. The average molecular weight is 369 g/mol. The summed E-state index contributed by atoms with van der Waals surface area (Å²) < 4.78 is 10.3. The zero-order valence-electron chi connectivity index (χ0n) is 16.4. The summed E-state index contributed by atoms with van der Waals surface area (Å²) >= 11 is 0. The molecule has 0 aromatic heterocycles. The lowest BCUT2D eigenvalue weighted by molar-refractivity contribution is -0.149. The maximum atomic E-state index is 11.9. The van der Waals surface area contributed by atoms with Crippen LogP contribution >= 0.6 is 0 Å². The van der Waals surface area contributed by atoms with Crippen LogP contribution in [0.4, 0.5) is 5.69 Å². The molecule has 2 aromatic rings. The molecule has 1 amide bonds. The molecule has 2 aromatic carbocycles. The number of ether oxygens (including phenoxy) is 2. The van der Waals surface area contributed by atoms with E-state index in [1.165, 1.54) is 11.1 Å². The van der Waals surface area contributed by atoms with E-state index in [9.17, 15) is 9.59 Å². The fourth-order valence-electron chi connectivity index (χ4n) is 2.40. The van der Waals surface area contributed by atoms with E-state index in [4.69, 9.17) is 9.47 Å². The van der Waals surface area contributed by atoms with Crippen LogP contribution in [0.2, 0.25) is 0 Å². The smallest absolute Gasteiger partial charge is 0.344 e. The summed E-state index contributed by atoms with van der Waals surface area (Å²) in [5.41, 5.74) is 3.08. The van der Waals surface area contributed by atoms with Crippen molar-refractivity contribution in [1.29, 1.82) is 0 Å². The van der Waals surface area contributed by atoms with E-state index >= 15 is 0 Å². The number of nitrogens with one attached hydrogen (secondary N) is 1. The number of benzene rings is 2. The largest absolute Gasteiger partial charge is 0.482 e. The van der Waals surface area contributed by atoms with E-state index in [0.717, 1.165) is 6.42 Å². The van der Waals surface area contributed by atoms with Crippen LogP contribution in [-0.4, -0.2) is 25.1 Å². The molecule has 144 valence electrons. The molecule has 0 spiro atoms. The van der Waals surface area contributed by atoms with Gasteiger partial charge in [0.15, 0.2) is 13.2 Å². The van der Waals surface area contributed by atoms with Gasteiger partial charge in [0, 0.05) is 5.69 Å². The van der Waals surface area contributed by atoms with Crippen molar-refractivity contribution in [1.82, 2.24) is 0 Å². The first-order valence-corrected chi connectivity index (χ1v) is 9.05. The quantitative estimate of drug-likeness (QED) is 0.746. The first kappa shape index (κ1) is 20.5. The molecular weight excluding hydrogens is 342 g/mol.